The summed E-state index contributed by atoms with van der Waals surface area (Å²) < 4.78 is 27.4. The van der Waals surface area contributed by atoms with Crippen molar-refractivity contribution in [3.8, 4) is 5.75 Å². The largest absolute Gasteiger partial charge is 0.495 e. The first-order chi connectivity index (χ1) is 13.9. The highest BCUT2D eigenvalue weighted by atomic mass is 32.2. The molecule has 3 rings (SSSR count). The Morgan fingerprint density at radius 3 is 2.34 bits per heavy atom. The van der Waals surface area contributed by atoms with E-state index in [0.29, 0.717) is 43.1 Å². The lowest BCUT2D eigenvalue weighted by Crippen LogP contribution is -2.50. The van der Waals surface area contributed by atoms with Gasteiger partial charge in [-0.25, -0.2) is 9.19 Å². The van der Waals surface area contributed by atoms with Gasteiger partial charge in [0, 0.05) is 37.4 Å². The van der Waals surface area contributed by atoms with E-state index in [-0.39, 0.29) is 17.6 Å². The molecule has 0 saturated carbocycles. The third kappa shape index (κ3) is 4.90. The van der Waals surface area contributed by atoms with Crippen molar-refractivity contribution in [2.24, 2.45) is 0 Å². The van der Waals surface area contributed by atoms with Gasteiger partial charge in [-0.2, -0.15) is 0 Å². The van der Waals surface area contributed by atoms with Crippen LogP contribution in [0.25, 0.3) is 0 Å². The molecule has 0 aliphatic carbocycles. The molecule has 0 bridgehead atoms. The zero-order chi connectivity index (χ0) is 21.0. The molecule has 0 radical (unpaired) electrons. The molecule has 1 aliphatic rings. The second-order valence-electron chi connectivity index (χ2n) is 6.51. The topological polar surface area (TPSA) is 112 Å². The Balaban J connectivity index is 1.65. The second kappa shape index (κ2) is 9.01. The van der Waals surface area contributed by atoms with Crippen molar-refractivity contribution >= 4 is 28.8 Å². The van der Waals surface area contributed by atoms with Crippen molar-refractivity contribution in [1.82, 2.24) is 14.8 Å². The van der Waals surface area contributed by atoms with Crippen molar-refractivity contribution < 1.29 is 23.1 Å². The van der Waals surface area contributed by atoms with Crippen LogP contribution in [0.15, 0.2) is 36.4 Å². The fraction of sp³-hybridized carbons (Fsp3) is 0.316. The summed E-state index contributed by atoms with van der Waals surface area (Å²) in [6.07, 6.45) is 0. The fourth-order valence-electron chi connectivity index (χ4n) is 3.12. The lowest BCUT2D eigenvalue weighted by molar-refractivity contribution is 0.0532. The highest BCUT2D eigenvalue weighted by Crippen LogP contribution is 2.26. The van der Waals surface area contributed by atoms with E-state index in [2.05, 4.69) is 9.71 Å². The number of pyridine rings is 1. The molecule has 2 amide bonds. The molecule has 1 atom stereocenters. The molecular formula is C19H22N4O5S. The van der Waals surface area contributed by atoms with E-state index in [1.165, 1.54) is 19.2 Å². The number of hydrogen-bond donors (Lipinski definition) is 2. The minimum Gasteiger partial charge on any atom is -0.495 e. The van der Waals surface area contributed by atoms with E-state index in [1.807, 2.05) is 13.0 Å². The van der Waals surface area contributed by atoms with Crippen LogP contribution in [0.1, 0.15) is 26.5 Å². The molecule has 154 valence electrons. The molecule has 1 saturated heterocycles. The predicted octanol–water partition coefficient (Wildman–Crippen LogP) is 1.55. The first-order valence-electron chi connectivity index (χ1n) is 8.97. The van der Waals surface area contributed by atoms with Crippen LogP contribution >= 0.6 is 0 Å². The Kier molecular flexibility index (Phi) is 6.45. The molecule has 9 nitrogen and oxygen atoms in total. The van der Waals surface area contributed by atoms with Crippen molar-refractivity contribution in [2.45, 2.75) is 6.92 Å². The SMILES string of the molecule is COc1cc(C(=O)N2CCN(C(=O)c3cccc(C)n3)CC2)ccc1NS(=O)O. The molecule has 29 heavy (non-hydrogen) atoms. The minimum atomic E-state index is -2.24. The van der Waals surface area contributed by atoms with Crippen molar-refractivity contribution in [3.63, 3.8) is 0 Å². The summed E-state index contributed by atoms with van der Waals surface area (Å²) >= 11 is -2.24. The van der Waals surface area contributed by atoms with Gasteiger partial charge in [-0.05, 0) is 37.3 Å². The lowest BCUT2D eigenvalue weighted by Gasteiger charge is -2.34. The molecule has 1 aliphatic heterocycles. The fourth-order valence-corrected chi connectivity index (χ4v) is 3.48. The van der Waals surface area contributed by atoms with Crippen molar-refractivity contribution in [1.29, 1.82) is 0 Å². The Morgan fingerprint density at radius 1 is 1.10 bits per heavy atom. The smallest absolute Gasteiger partial charge is 0.272 e. The van der Waals surface area contributed by atoms with Crippen LogP contribution in [0.4, 0.5) is 5.69 Å². The Hall–Kier alpha value is -2.98. The summed E-state index contributed by atoms with van der Waals surface area (Å²) in [7, 11) is 1.42. The van der Waals surface area contributed by atoms with Crippen LogP contribution in [-0.2, 0) is 11.3 Å². The Labute approximate surface area is 171 Å². The van der Waals surface area contributed by atoms with Gasteiger partial charge in [0.25, 0.3) is 23.1 Å². The minimum absolute atomic E-state index is 0.144. The summed E-state index contributed by atoms with van der Waals surface area (Å²) in [4.78, 5) is 33.0. The number of aryl methyl sites for hydroxylation is 1. The number of carbonyl (C=O) groups is 2. The van der Waals surface area contributed by atoms with Gasteiger partial charge in [0.1, 0.15) is 11.4 Å². The van der Waals surface area contributed by atoms with Crippen LogP contribution in [-0.4, -0.2) is 68.6 Å². The van der Waals surface area contributed by atoms with E-state index >= 15 is 0 Å². The molecule has 0 spiro atoms. The average molecular weight is 418 g/mol. The van der Waals surface area contributed by atoms with Gasteiger partial charge in [0.15, 0.2) is 0 Å². The molecule has 2 N–H and O–H groups in total. The molecule has 2 heterocycles. The number of anilines is 1. The van der Waals surface area contributed by atoms with Crippen LogP contribution in [0.3, 0.4) is 0 Å². The predicted molar refractivity (Wildman–Crippen MR) is 108 cm³/mol. The zero-order valence-corrected chi connectivity index (χ0v) is 16.9. The third-order valence-electron chi connectivity index (χ3n) is 4.61. The van der Waals surface area contributed by atoms with E-state index < -0.39 is 11.3 Å². The molecule has 10 heteroatoms. The number of benzene rings is 1. The number of methoxy groups -OCH3 is 1. The molecule has 1 aromatic heterocycles. The molecule has 1 fully saturated rings. The summed E-state index contributed by atoms with van der Waals surface area (Å²) in [5.41, 5.74) is 1.89. The number of amides is 2. The van der Waals surface area contributed by atoms with Crippen LogP contribution < -0.4 is 9.46 Å². The quantitative estimate of drug-likeness (QED) is 0.713. The molecule has 1 unspecified atom stereocenters. The number of nitrogens with one attached hydrogen (secondary N) is 1. The lowest BCUT2D eigenvalue weighted by atomic mass is 10.1. The third-order valence-corrected chi connectivity index (χ3v) is 5.00. The van der Waals surface area contributed by atoms with E-state index in [9.17, 15) is 13.8 Å². The number of ether oxygens (including phenoxy) is 1. The molecule has 1 aromatic carbocycles. The van der Waals surface area contributed by atoms with Gasteiger partial charge in [0.05, 0.1) is 12.8 Å². The molecular weight excluding hydrogens is 396 g/mol. The standard InChI is InChI=1S/C19H22N4O5S/c1-13-4-3-5-16(20-13)19(25)23-10-8-22(9-11-23)18(24)14-6-7-15(21-29(26)27)17(12-14)28-2/h3-7,12,21H,8-11H2,1-2H3,(H,26,27). The first-order valence-corrected chi connectivity index (χ1v) is 10.1. The number of nitrogens with zero attached hydrogens (tertiary/aromatic N) is 3. The van der Waals surface area contributed by atoms with Gasteiger partial charge in [0.2, 0.25) is 0 Å². The number of piperazine rings is 1. The second-order valence-corrected chi connectivity index (χ2v) is 7.22. The first kappa shape index (κ1) is 20.7. The zero-order valence-electron chi connectivity index (χ0n) is 16.1. The number of rotatable bonds is 5. The number of hydrogen-bond acceptors (Lipinski definition) is 5. The number of aromatic nitrogens is 1. The summed E-state index contributed by atoms with van der Waals surface area (Å²) in [5, 5.41) is 0. The van der Waals surface area contributed by atoms with Crippen molar-refractivity contribution in [3.05, 3.63) is 53.3 Å². The van der Waals surface area contributed by atoms with Gasteiger partial charge in [-0.3, -0.25) is 18.9 Å². The summed E-state index contributed by atoms with van der Waals surface area (Å²) in [6.45, 7) is 3.47. The van der Waals surface area contributed by atoms with Gasteiger partial charge in [-0.15, -0.1) is 0 Å². The highest BCUT2D eigenvalue weighted by Gasteiger charge is 2.26. The van der Waals surface area contributed by atoms with E-state index in [1.54, 1.807) is 28.0 Å². The maximum atomic E-state index is 12.8. The van der Waals surface area contributed by atoms with E-state index in [4.69, 9.17) is 9.29 Å². The van der Waals surface area contributed by atoms with Crippen LogP contribution in [0.5, 0.6) is 5.75 Å². The summed E-state index contributed by atoms with van der Waals surface area (Å²) in [6, 6.07) is 9.92. The summed E-state index contributed by atoms with van der Waals surface area (Å²) in [5.74, 6) is -0.0479. The maximum absolute atomic E-state index is 12.8. The highest BCUT2D eigenvalue weighted by molar-refractivity contribution is 7.80. The van der Waals surface area contributed by atoms with Gasteiger partial charge >= 0.3 is 0 Å². The monoisotopic (exact) mass is 418 g/mol. The normalized spacial score (nSPS) is 15.0. The van der Waals surface area contributed by atoms with Gasteiger partial charge in [-0.1, -0.05) is 6.07 Å². The Bertz CT molecular complexity index is 944. The van der Waals surface area contributed by atoms with Crippen LogP contribution in [0, 0.1) is 6.92 Å². The molecule has 2 aromatic rings. The average Bonchev–Trinajstić information content (AvgIpc) is 2.72. The number of carbonyl (C=O) groups excluding carboxylic acids is 2. The van der Waals surface area contributed by atoms with Crippen LogP contribution in [0.2, 0.25) is 0 Å². The maximum Gasteiger partial charge on any atom is 0.272 e. The van der Waals surface area contributed by atoms with Crippen molar-refractivity contribution in [2.75, 3.05) is 38.0 Å². The van der Waals surface area contributed by atoms with Gasteiger partial charge < -0.3 is 14.5 Å². The Morgan fingerprint density at radius 2 is 1.76 bits per heavy atom. The van der Waals surface area contributed by atoms with E-state index in [0.717, 1.165) is 5.69 Å².